The van der Waals surface area contributed by atoms with Crippen molar-refractivity contribution < 1.29 is 0 Å². The highest BCUT2D eigenvalue weighted by Crippen LogP contribution is 2.42. The van der Waals surface area contributed by atoms with Crippen LogP contribution in [0.2, 0.25) is 0 Å². The van der Waals surface area contributed by atoms with Gasteiger partial charge in [0.15, 0.2) is 0 Å². The number of aryl methyl sites for hydroxylation is 2. The Balaban J connectivity index is 1.72. The largest absolute Gasteiger partial charge is 0.0795 e. The van der Waals surface area contributed by atoms with Crippen molar-refractivity contribution in [1.29, 1.82) is 0 Å². The predicted octanol–water partition coefficient (Wildman–Crippen LogP) is 10.7. The predicted molar refractivity (Wildman–Crippen MR) is 202 cm³/mol. The van der Waals surface area contributed by atoms with E-state index < -0.39 is 0 Å². The number of fused-ring (bicyclic) bond motifs is 3. The summed E-state index contributed by atoms with van der Waals surface area (Å²) in [7, 11) is 0. The summed E-state index contributed by atoms with van der Waals surface area (Å²) < 4.78 is 0. The molecule has 2 aliphatic rings. The van der Waals surface area contributed by atoms with Crippen LogP contribution in [0.3, 0.4) is 0 Å². The Hall–Kier alpha value is -4.68. The second-order valence-corrected chi connectivity index (χ2v) is 15.4. The van der Waals surface area contributed by atoms with Gasteiger partial charge < -0.3 is 0 Å². The molecule has 0 saturated heterocycles. The van der Waals surface area contributed by atoms with Crippen molar-refractivity contribution in [3.05, 3.63) is 176 Å². The number of allylic oxidation sites excluding steroid dienone is 4. The van der Waals surface area contributed by atoms with Gasteiger partial charge in [-0.1, -0.05) is 145 Å². The fourth-order valence-electron chi connectivity index (χ4n) is 7.69. The summed E-state index contributed by atoms with van der Waals surface area (Å²) in [6.45, 7) is 18.6. The molecular formula is C47H45. The van der Waals surface area contributed by atoms with Crippen LogP contribution in [0, 0.1) is 13.8 Å². The summed E-state index contributed by atoms with van der Waals surface area (Å²) in [6, 6.07) is 38.2. The zero-order chi connectivity index (χ0) is 33.1. The minimum absolute atomic E-state index is 0.0606. The van der Waals surface area contributed by atoms with Gasteiger partial charge in [-0.3, -0.25) is 0 Å². The lowest BCUT2D eigenvalue weighted by Gasteiger charge is -2.28. The molecule has 0 nitrogen and oxygen atoms in total. The second kappa shape index (κ2) is 11.5. The summed E-state index contributed by atoms with van der Waals surface area (Å²) in [4.78, 5) is 0. The van der Waals surface area contributed by atoms with Crippen LogP contribution in [0.1, 0.15) is 98.0 Å². The molecule has 0 bridgehead atoms. The molecule has 1 radical (unpaired) electrons. The van der Waals surface area contributed by atoms with Gasteiger partial charge in [0, 0.05) is 0 Å². The fourth-order valence-corrected chi connectivity index (χ4v) is 7.69. The summed E-state index contributed by atoms with van der Waals surface area (Å²) in [5.74, 6) is 0. The molecule has 0 aromatic heterocycles. The Labute approximate surface area is 281 Å². The smallest absolute Gasteiger partial charge is 0.000731 e. The Morgan fingerprint density at radius 1 is 0.617 bits per heavy atom. The molecule has 0 unspecified atom stereocenters. The van der Waals surface area contributed by atoms with Gasteiger partial charge in [0.1, 0.15) is 0 Å². The van der Waals surface area contributed by atoms with E-state index in [0.29, 0.717) is 0 Å². The number of rotatable bonds is 4. The van der Waals surface area contributed by atoms with Crippen LogP contribution in [0.5, 0.6) is 0 Å². The molecule has 0 spiro atoms. The zero-order valence-electron chi connectivity index (χ0n) is 29.2. The Morgan fingerprint density at radius 3 is 1.81 bits per heavy atom. The molecule has 0 fully saturated rings. The first-order valence-electron chi connectivity index (χ1n) is 17.0. The zero-order valence-corrected chi connectivity index (χ0v) is 29.2. The molecule has 0 N–H and O–H groups in total. The molecule has 47 heavy (non-hydrogen) atoms. The van der Waals surface area contributed by atoms with Crippen LogP contribution in [-0.2, 0) is 10.8 Å². The average Bonchev–Trinajstić information content (AvgIpc) is 3.65. The summed E-state index contributed by atoms with van der Waals surface area (Å²) >= 11 is 0. The third kappa shape index (κ3) is 5.44. The molecule has 5 aromatic rings. The van der Waals surface area contributed by atoms with E-state index in [1.807, 2.05) is 0 Å². The van der Waals surface area contributed by atoms with Crippen molar-refractivity contribution in [2.24, 2.45) is 0 Å². The first-order valence-corrected chi connectivity index (χ1v) is 17.0. The third-order valence-corrected chi connectivity index (χ3v) is 9.89. The molecule has 0 atom stereocenters. The molecular weight excluding hydrogens is 565 g/mol. The van der Waals surface area contributed by atoms with Crippen molar-refractivity contribution >= 4 is 22.8 Å². The van der Waals surface area contributed by atoms with Crippen LogP contribution in [-0.4, -0.2) is 0 Å². The van der Waals surface area contributed by atoms with Crippen LogP contribution in [0.15, 0.2) is 115 Å². The van der Waals surface area contributed by atoms with E-state index in [4.69, 9.17) is 0 Å². The van der Waals surface area contributed by atoms with E-state index >= 15 is 0 Å². The molecule has 0 heterocycles. The van der Waals surface area contributed by atoms with E-state index in [0.717, 1.165) is 6.42 Å². The second-order valence-electron chi connectivity index (χ2n) is 15.4. The van der Waals surface area contributed by atoms with Crippen LogP contribution in [0.4, 0.5) is 0 Å². The first-order chi connectivity index (χ1) is 22.4. The normalized spacial score (nSPS) is 13.9. The van der Waals surface area contributed by atoms with Gasteiger partial charge in [0.05, 0.1) is 0 Å². The SMILES string of the molecule is Cc1cccc(C)c1C1=C(c2c(C(C)(C)C)c(=C(c3ccccc3)c3ccccc3)cc3c2=[C]c2cc(C(C)(C)C)ccc2-3)CC=C1. The van der Waals surface area contributed by atoms with Crippen LogP contribution >= 0.6 is 0 Å². The lowest BCUT2D eigenvalue weighted by Crippen LogP contribution is -2.32. The number of hydrogen-bond acceptors (Lipinski definition) is 0. The summed E-state index contributed by atoms with van der Waals surface area (Å²) in [6.07, 6.45) is 9.66. The first kappa shape index (κ1) is 30.9. The fraction of sp³-hybridized carbons (Fsp3) is 0.234. The number of hydrogen-bond donors (Lipinski definition) is 0. The topological polar surface area (TPSA) is 0 Å². The molecule has 7 rings (SSSR count). The highest BCUT2D eigenvalue weighted by Gasteiger charge is 2.31. The van der Waals surface area contributed by atoms with E-state index in [-0.39, 0.29) is 10.8 Å². The standard InChI is InChI=1S/C47H45/c1-30-17-15-18-31(2)42(30)37-23-16-24-38(37)44-40-28-34-27-35(46(3,4)5)25-26-36(34)39(40)29-41(45(44)47(6,7)8)43(32-19-11-9-12-20-32)33-21-13-10-14-22-33/h9-23,25-27,29H,24H2,1-8H3. The lowest BCUT2D eigenvalue weighted by molar-refractivity contribution is 0.583. The summed E-state index contributed by atoms with van der Waals surface area (Å²) in [5, 5.41) is 2.54. The third-order valence-electron chi connectivity index (χ3n) is 9.89. The van der Waals surface area contributed by atoms with Crippen LogP contribution in [0.25, 0.3) is 33.9 Å². The van der Waals surface area contributed by atoms with Gasteiger partial charge in [-0.15, -0.1) is 0 Å². The van der Waals surface area contributed by atoms with Gasteiger partial charge in [-0.05, 0) is 138 Å². The molecule has 0 aliphatic heterocycles. The van der Waals surface area contributed by atoms with E-state index in [2.05, 4.69) is 177 Å². The Bertz CT molecular complexity index is 2150. The molecule has 0 amide bonds. The molecule has 0 heteroatoms. The van der Waals surface area contributed by atoms with Crippen LogP contribution < -0.4 is 10.4 Å². The highest BCUT2D eigenvalue weighted by atomic mass is 14.3. The van der Waals surface area contributed by atoms with E-state index in [1.54, 1.807) is 0 Å². The average molecular weight is 610 g/mol. The quantitative estimate of drug-likeness (QED) is 0.187. The van der Waals surface area contributed by atoms with Gasteiger partial charge >= 0.3 is 0 Å². The molecule has 5 aromatic carbocycles. The molecule has 0 saturated carbocycles. The van der Waals surface area contributed by atoms with Crippen molar-refractivity contribution in [2.75, 3.05) is 0 Å². The Morgan fingerprint density at radius 2 is 1.23 bits per heavy atom. The maximum atomic E-state index is 4.02. The molecule has 2 aliphatic carbocycles. The van der Waals surface area contributed by atoms with Crippen molar-refractivity contribution in [3.63, 3.8) is 0 Å². The van der Waals surface area contributed by atoms with Gasteiger partial charge in [0.2, 0.25) is 0 Å². The minimum atomic E-state index is -0.150. The van der Waals surface area contributed by atoms with Gasteiger partial charge in [-0.25, -0.2) is 0 Å². The molecule has 233 valence electrons. The lowest BCUT2D eigenvalue weighted by atomic mass is 9.75. The maximum absolute atomic E-state index is 4.02. The van der Waals surface area contributed by atoms with Crippen molar-refractivity contribution in [3.8, 4) is 11.1 Å². The monoisotopic (exact) mass is 609 g/mol. The minimum Gasteiger partial charge on any atom is -0.0795 e. The Kier molecular flexibility index (Phi) is 7.59. The highest BCUT2D eigenvalue weighted by molar-refractivity contribution is 6.03. The van der Waals surface area contributed by atoms with E-state index in [1.165, 1.54) is 88.4 Å². The van der Waals surface area contributed by atoms with Gasteiger partial charge in [0.25, 0.3) is 0 Å². The van der Waals surface area contributed by atoms with E-state index in [9.17, 15) is 0 Å². The maximum Gasteiger partial charge on any atom is -0.000731 e. The number of benzene rings is 5. The van der Waals surface area contributed by atoms with Crippen molar-refractivity contribution in [2.45, 2.75) is 72.6 Å². The van der Waals surface area contributed by atoms with Crippen molar-refractivity contribution in [1.82, 2.24) is 0 Å². The van der Waals surface area contributed by atoms with Gasteiger partial charge in [-0.2, -0.15) is 0 Å². The summed E-state index contributed by atoms with van der Waals surface area (Å²) in [5.41, 5.74) is 18.2.